The van der Waals surface area contributed by atoms with Crippen LogP contribution in [0.2, 0.25) is 0 Å². The SMILES string of the molecule is Cc1cc(CC(=O)NCCON=C(N)N)c(NS(=O)(=O)Cc2cccc(C(F)(F)F)c2)c(=O)[nH]1.O=C(O)C(F)(F)F. The maximum atomic E-state index is 12.9. The summed E-state index contributed by atoms with van der Waals surface area (Å²) in [4.78, 5) is 40.7. The number of sulfonamides is 1. The van der Waals surface area contributed by atoms with E-state index in [4.69, 9.17) is 26.2 Å². The molecule has 0 spiro atoms. The summed E-state index contributed by atoms with van der Waals surface area (Å²) in [6, 6.07) is 5.22. The van der Waals surface area contributed by atoms with Crippen LogP contribution in [0.5, 0.6) is 0 Å². The molecule has 0 unspecified atom stereocenters. The van der Waals surface area contributed by atoms with Gasteiger partial charge in [-0.15, -0.1) is 0 Å². The monoisotopic (exact) mass is 618 g/mol. The number of nitrogens with two attached hydrogens (primary N) is 2. The van der Waals surface area contributed by atoms with E-state index >= 15 is 0 Å². The molecule has 0 fully saturated rings. The number of nitrogens with one attached hydrogen (secondary N) is 3. The highest BCUT2D eigenvalue weighted by Crippen LogP contribution is 2.30. The number of aromatic amines is 1. The first-order valence-corrected chi connectivity index (χ1v) is 12.5. The number of benzene rings is 1. The zero-order chi connectivity index (χ0) is 31.6. The Balaban J connectivity index is 0.00000106. The number of carboxylic acid groups (broad SMARTS) is 1. The highest BCUT2D eigenvalue weighted by atomic mass is 32.2. The number of aromatic nitrogens is 1. The number of H-pyrrole nitrogens is 1. The normalized spacial score (nSPS) is 11.5. The Kier molecular flexibility index (Phi) is 12.0. The van der Waals surface area contributed by atoms with E-state index in [-0.39, 0.29) is 36.7 Å². The zero-order valence-corrected chi connectivity index (χ0v) is 21.7. The zero-order valence-electron chi connectivity index (χ0n) is 20.9. The molecule has 1 aromatic carbocycles. The number of hydrogen-bond acceptors (Lipinski definition) is 7. The molecule has 8 N–H and O–H groups in total. The van der Waals surface area contributed by atoms with Crippen molar-refractivity contribution in [2.45, 2.75) is 31.5 Å². The molecule has 0 atom stereocenters. The second kappa shape index (κ2) is 14.2. The number of nitrogens with zero attached hydrogens (tertiary/aromatic N) is 1. The predicted octanol–water partition coefficient (Wildman–Crippen LogP) is 1.14. The summed E-state index contributed by atoms with van der Waals surface area (Å²) in [6.07, 6.45) is -10.1. The van der Waals surface area contributed by atoms with Crippen molar-refractivity contribution in [2.75, 3.05) is 17.9 Å². The second-order valence-electron chi connectivity index (χ2n) is 7.92. The number of guanidine groups is 1. The molecule has 20 heteroatoms. The van der Waals surface area contributed by atoms with Crippen molar-refractivity contribution >= 4 is 33.5 Å². The van der Waals surface area contributed by atoms with Gasteiger partial charge in [-0.25, -0.2) is 13.2 Å². The van der Waals surface area contributed by atoms with Crippen LogP contribution < -0.4 is 27.1 Å². The molecule has 0 saturated carbocycles. The highest BCUT2D eigenvalue weighted by Gasteiger charge is 2.38. The molecule has 0 aliphatic rings. The fourth-order valence-electron chi connectivity index (χ4n) is 2.85. The lowest BCUT2D eigenvalue weighted by Crippen LogP contribution is -2.30. The third kappa shape index (κ3) is 12.9. The maximum absolute atomic E-state index is 12.9. The molecule has 0 saturated heterocycles. The van der Waals surface area contributed by atoms with Crippen LogP contribution in [0.15, 0.2) is 40.3 Å². The minimum absolute atomic E-state index is 0.0222. The summed E-state index contributed by atoms with van der Waals surface area (Å²) < 4.78 is 97.8. The number of halogens is 6. The van der Waals surface area contributed by atoms with Crippen LogP contribution in [0, 0.1) is 6.92 Å². The third-order valence-corrected chi connectivity index (χ3v) is 5.63. The smallest absolute Gasteiger partial charge is 0.475 e. The van der Waals surface area contributed by atoms with Crippen LogP contribution in [0.4, 0.5) is 32.0 Å². The Morgan fingerprint density at radius 1 is 1.12 bits per heavy atom. The van der Waals surface area contributed by atoms with E-state index in [1.54, 1.807) is 0 Å². The van der Waals surface area contributed by atoms with Crippen LogP contribution in [0.1, 0.15) is 22.4 Å². The minimum atomic E-state index is -5.08. The van der Waals surface area contributed by atoms with Crippen LogP contribution in [0.25, 0.3) is 0 Å². The largest absolute Gasteiger partial charge is 0.490 e. The lowest BCUT2D eigenvalue weighted by atomic mass is 10.1. The van der Waals surface area contributed by atoms with Crippen LogP contribution >= 0.6 is 0 Å². The number of rotatable bonds is 10. The van der Waals surface area contributed by atoms with Crippen molar-refractivity contribution in [1.82, 2.24) is 10.3 Å². The number of hydrogen-bond donors (Lipinski definition) is 6. The van der Waals surface area contributed by atoms with Crippen molar-refractivity contribution in [3.05, 3.63) is 63.1 Å². The Morgan fingerprint density at radius 3 is 2.27 bits per heavy atom. The van der Waals surface area contributed by atoms with Gasteiger partial charge >= 0.3 is 18.3 Å². The lowest BCUT2D eigenvalue weighted by Gasteiger charge is -2.14. The summed E-state index contributed by atoms with van der Waals surface area (Å²) >= 11 is 0. The molecular weight excluding hydrogens is 594 g/mol. The molecule has 2 aromatic rings. The van der Waals surface area contributed by atoms with Gasteiger partial charge in [0.15, 0.2) is 0 Å². The fraction of sp³-hybridized carbons (Fsp3) is 0.333. The number of anilines is 1. The molecule has 0 aliphatic heterocycles. The van der Waals surface area contributed by atoms with Crippen molar-refractivity contribution in [3.8, 4) is 0 Å². The van der Waals surface area contributed by atoms with E-state index in [0.29, 0.717) is 11.8 Å². The molecule has 1 aromatic heterocycles. The number of pyridine rings is 1. The van der Waals surface area contributed by atoms with Gasteiger partial charge in [0.1, 0.15) is 12.3 Å². The standard InChI is InChI=1S/C19H23F3N6O5S.C2HF3O2/c1-11-7-13(9-15(29)25-5-6-33-27-18(23)24)16(17(30)26-11)28-34(31,32)10-12-3-2-4-14(8-12)19(20,21)22;3-2(4,5)1(6)7/h2-4,7-8,28H,5-6,9-10H2,1H3,(H,25,29)(H,26,30)(H4,23,24,27);(H,6,7). The molecule has 13 nitrogen and oxygen atoms in total. The summed E-state index contributed by atoms with van der Waals surface area (Å²) in [5, 5.41) is 12.9. The van der Waals surface area contributed by atoms with Gasteiger partial charge in [-0.1, -0.05) is 18.2 Å². The number of alkyl halides is 6. The number of carboxylic acids is 1. The first-order chi connectivity index (χ1) is 18.7. The van der Waals surface area contributed by atoms with Crippen molar-refractivity contribution in [1.29, 1.82) is 0 Å². The highest BCUT2D eigenvalue weighted by molar-refractivity contribution is 7.91. The van der Waals surface area contributed by atoms with E-state index in [1.807, 2.05) is 0 Å². The minimum Gasteiger partial charge on any atom is -0.475 e. The molecule has 1 heterocycles. The fourth-order valence-corrected chi connectivity index (χ4v) is 4.07. The van der Waals surface area contributed by atoms with Gasteiger partial charge in [0.2, 0.25) is 21.9 Å². The average Bonchev–Trinajstić information content (AvgIpc) is 2.80. The van der Waals surface area contributed by atoms with Gasteiger partial charge in [0.05, 0.1) is 24.3 Å². The Bertz CT molecular complexity index is 1420. The second-order valence-corrected chi connectivity index (χ2v) is 9.64. The molecule has 0 bridgehead atoms. The summed E-state index contributed by atoms with van der Waals surface area (Å²) in [7, 11) is -4.30. The molecule has 1 amide bonds. The van der Waals surface area contributed by atoms with Crippen molar-refractivity contribution < 1.29 is 54.3 Å². The van der Waals surface area contributed by atoms with Crippen molar-refractivity contribution in [3.63, 3.8) is 0 Å². The molecular formula is C21H24F6N6O7S. The van der Waals surface area contributed by atoms with Gasteiger partial charge in [-0.05, 0) is 35.3 Å². The Morgan fingerprint density at radius 2 is 1.73 bits per heavy atom. The predicted molar refractivity (Wildman–Crippen MR) is 132 cm³/mol. The number of aliphatic carboxylic acids is 1. The number of carbonyl (C=O) groups excluding carboxylic acids is 1. The molecule has 0 radical (unpaired) electrons. The summed E-state index contributed by atoms with van der Waals surface area (Å²) in [6.45, 7) is 1.51. The first kappa shape index (κ1) is 34.5. The van der Waals surface area contributed by atoms with E-state index in [2.05, 4.69) is 20.2 Å². The van der Waals surface area contributed by atoms with E-state index in [0.717, 1.165) is 12.1 Å². The summed E-state index contributed by atoms with van der Waals surface area (Å²) in [5.74, 6) is -4.44. The quantitative estimate of drug-likeness (QED) is 0.0738. The van der Waals surface area contributed by atoms with E-state index in [9.17, 15) is 44.3 Å². The lowest BCUT2D eigenvalue weighted by molar-refractivity contribution is -0.192. The number of aryl methyl sites for hydroxylation is 1. The summed E-state index contributed by atoms with van der Waals surface area (Å²) in [5.41, 5.74) is 8.23. The van der Waals surface area contributed by atoms with Gasteiger partial charge in [-0.2, -0.15) is 26.3 Å². The Labute approximate surface area is 227 Å². The average molecular weight is 619 g/mol. The van der Waals surface area contributed by atoms with E-state index < -0.39 is 56.8 Å². The number of carbonyl (C=O) groups is 2. The van der Waals surface area contributed by atoms with Gasteiger partial charge < -0.3 is 31.7 Å². The van der Waals surface area contributed by atoms with Crippen LogP contribution in [-0.2, 0) is 42.8 Å². The Hall–Kier alpha value is -4.49. The maximum Gasteiger partial charge on any atom is 0.490 e. The molecule has 228 valence electrons. The van der Waals surface area contributed by atoms with Crippen LogP contribution in [-0.4, -0.2) is 55.7 Å². The number of oxime groups is 1. The van der Waals surface area contributed by atoms with Gasteiger partial charge in [0, 0.05) is 5.69 Å². The van der Waals surface area contributed by atoms with Gasteiger partial charge in [-0.3, -0.25) is 14.3 Å². The first-order valence-electron chi connectivity index (χ1n) is 10.9. The third-order valence-electron chi connectivity index (χ3n) is 4.40. The topological polar surface area (TPSA) is 219 Å². The number of amides is 1. The molecule has 2 rings (SSSR count). The molecule has 0 aliphatic carbocycles. The van der Waals surface area contributed by atoms with Crippen molar-refractivity contribution in [2.24, 2.45) is 16.6 Å². The van der Waals surface area contributed by atoms with Gasteiger partial charge in [0.25, 0.3) is 5.56 Å². The molecule has 41 heavy (non-hydrogen) atoms. The van der Waals surface area contributed by atoms with Crippen LogP contribution in [0.3, 0.4) is 0 Å². The van der Waals surface area contributed by atoms with E-state index in [1.165, 1.54) is 19.1 Å².